The molecule has 21 heavy (non-hydrogen) atoms. The standard InChI is InChI=1S/C16H26N2O2S/c1-13-6-4-5-7-14(13)12-17-15-8-10-16(11-9-15)21(19,20)18(2)3/h8-11,13-14,17H,4-7,12H2,1-3H3. The zero-order valence-electron chi connectivity index (χ0n) is 13.2. The number of nitrogens with one attached hydrogen (secondary N) is 1. The van der Waals surface area contributed by atoms with Gasteiger partial charge in [0.15, 0.2) is 0 Å². The maximum atomic E-state index is 12.0. The molecule has 1 saturated carbocycles. The lowest BCUT2D eigenvalue weighted by Crippen LogP contribution is -2.24. The highest BCUT2D eigenvalue weighted by Crippen LogP contribution is 2.29. The van der Waals surface area contributed by atoms with E-state index in [0.29, 0.717) is 4.90 Å². The molecular weight excluding hydrogens is 284 g/mol. The van der Waals surface area contributed by atoms with E-state index >= 15 is 0 Å². The summed E-state index contributed by atoms with van der Waals surface area (Å²) in [5.74, 6) is 1.50. The second kappa shape index (κ2) is 6.79. The average molecular weight is 310 g/mol. The van der Waals surface area contributed by atoms with Crippen molar-refractivity contribution in [1.82, 2.24) is 4.31 Å². The normalized spacial score (nSPS) is 23.2. The summed E-state index contributed by atoms with van der Waals surface area (Å²) in [5, 5.41) is 3.44. The Balaban J connectivity index is 1.97. The van der Waals surface area contributed by atoms with Crippen LogP contribution in [-0.2, 0) is 10.0 Å². The summed E-state index contributed by atoms with van der Waals surface area (Å²) in [7, 11) is -0.237. The van der Waals surface area contributed by atoms with Crippen LogP contribution in [0.2, 0.25) is 0 Å². The van der Waals surface area contributed by atoms with Crippen molar-refractivity contribution in [1.29, 1.82) is 0 Å². The summed E-state index contributed by atoms with van der Waals surface area (Å²) in [5.41, 5.74) is 0.991. The third kappa shape index (κ3) is 3.98. The molecule has 0 aromatic heterocycles. The van der Waals surface area contributed by atoms with E-state index in [4.69, 9.17) is 0 Å². The van der Waals surface area contributed by atoms with Crippen molar-refractivity contribution in [2.24, 2.45) is 11.8 Å². The van der Waals surface area contributed by atoms with Gasteiger partial charge in [0.2, 0.25) is 10.0 Å². The monoisotopic (exact) mass is 310 g/mol. The quantitative estimate of drug-likeness (QED) is 0.909. The van der Waals surface area contributed by atoms with Gasteiger partial charge in [-0.25, -0.2) is 12.7 Å². The minimum atomic E-state index is -3.33. The molecule has 4 nitrogen and oxygen atoms in total. The van der Waals surface area contributed by atoms with E-state index in [-0.39, 0.29) is 0 Å². The molecule has 1 aliphatic carbocycles. The molecule has 2 rings (SSSR count). The first-order valence-electron chi connectivity index (χ1n) is 7.67. The first kappa shape index (κ1) is 16.3. The van der Waals surface area contributed by atoms with Crippen molar-refractivity contribution < 1.29 is 8.42 Å². The number of hydrogen-bond donors (Lipinski definition) is 1. The van der Waals surface area contributed by atoms with E-state index in [1.165, 1.54) is 30.0 Å². The predicted octanol–water partition coefficient (Wildman–Crippen LogP) is 3.18. The van der Waals surface area contributed by atoms with Gasteiger partial charge in [0.25, 0.3) is 0 Å². The fraction of sp³-hybridized carbons (Fsp3) is 0.625. The van der Waals surface area contributed by atoms with Crippen LogP contribution in [0.5, 0.6) is 0 Å². The molecule has 5 heteroatoms. The van der Waals surface area contributed by atoms with Crippen molar-refractivity contribution in [3.63, 3.8) is 0 Å². The molecule has 2 atom stereocenters. The smallest absolute Gasteiger partial charge is 0.242 e. The highest BCUT2D eigenvalue weighted by atomic mass is 32.2. The van der Waals surface area contributed by atoms with Gasteiger partial charge in [-0.2, -0.15) is 0 Å². The molecule has 0 amide bonds. The molecule has 0 saturated heterocycles. The number of benzene rings is 1. The van der Waals surface area contributed by atoms with Crippen LogP contribution in [0.1, 0.15) is 32.6 Å². The molecule has 1 N–H and O–H groups in total. The molecule has 1 aromatic rings. The number of sulfonamides is 1. The van der Waals surface area contributed by atoms with Gasteiger partial charge in [0.1, 0.15) is 0 Å². The Labute approximate surface area is 128 Å². The molecule has 0 radical (unpaired) electrons. The Hall–Kier alpha value is -1.07. The van der Waals surface area contributed by atoms with Crippen LogP contribution in [0.3, 0.4) is 0 Å². The molecule has 2 unspecified atom stereocenters. The summed E-state index contributed by atoms with van der Waals surface area (Å²) < 4.78 is 25.2. The highest BCUT2D eigenvalue weighted by Gasteiger charge is 2.21. The minimum Gasteiger partial charge on any atom is -0.385 e. The number of rotatable bonds is 5. The minimum absolute atomic E-state index is 0.337. The van der Waals surface area contributed by atoms with Gasteiger partial charge in [-0.1, -0.05) is 26.2 Å². The van der Waals surface area contributed by atoms with Crippen molar-refractivity contribution >= 4 is 15.7 Å². The topological polar surface area (TPSA) is 49.4 Å². The van der Waals surface area contributed by atoms with E-state index in [9.17, 15) is 8.42 Å². The van der Waals surface area contributed by atoms with E-state index in [0.717, 1.165) is 24.1 Å². The maximum absolute atomic E-state index is 12.0. The summed E-state index contributed by atoms with van der Waals surface area (Å²) in [6.45, 7) is 3.30. The summed E-state index contributed by atoms with van der Waals surface area (Å²) in [4.78, 5) is 0.337. The Morgan fingerprint density at radius 2 is 1.76 bits per heavy atom. The maximum Gasteiger partial charge on any atom is 0.242 e. The van der Waals surface area contributed by atoms with Gasteiger partial charge in [0, 0.05) is 26.3 Å². The van der Waals surface area contributed by atoms with E-state index in [1.807, 2.05) is 12.1 Å². The van der Waals surface area contributed by atoms with E-state index in [2.05, 4.69) is 12.2 Å². The van der Waals surface area contributed by atoms with Gasteiger partial charge in [-0.05, 0) is 42.5 Å². The summed E-state index contributed by atoms with van der Waals surface area (Å²) in [6.07, 6.45) is 5.30. The molecule has 0 heterocycles. The zero-order chi connectivity index (χ0) is 15.5. The molecule has 118 valence electrons. The molecule has 1 fully saturated rings. The van der Waals surface area contributed by atoms with E-state index < -0.39 is 10.0 Å². The van der Waals surface area contributed by atoms with Crippen molar-refractivity contribution in [3.8, 4) is 0 Å². The van der Waals surface area contributed by atoms with Gasteiger partial charge >= 0.3 is 0 Å². The van der Waals surface area contributed by atoms with Crippen LogP contribution in [0.4, 0.5) is 5.69 Å². The van der Waals surface area contributed by atoms with Gasteiger partial charge < -0.3 is 5.32 Å². The Kier molecular flexibility index (Phi) is 5.27. The van der Waals surface area contributed by atoms with Crippen molar-refractivity contribution in [2.45, 2.75) is 37.5 Å². The molecule has 0 aliphatic heterocycles. The first-order valence-corrected chi connectivity index (χ1v) is 9.11. The van der Waals surface area contributed by atoms with Crippen LogP contribution < -0.4 is 5.32 Å². The van der Waals surface area contributed by atoms with Crippen molar-refractivity contribution in [2.75, 3.05) is 26.0 Å². The number of hydrogen-bond acceptors (Lipinski definition) is 3. The lowest BCUT2D eigenvalue weighted by Gasteiger charge is -2.29. The number of anilines is 1. The lowest BCUT2D eigenvalue weighted by molar-refractivity contribution is 0.268. The molecule has 1 aliphatic rings. The fourth-order valence-corrected chi connectivity index (χ4v) is 3.80. The highest BCUT2D eigenvalue weighted by molar-refractivity contribution is 7.89. The van der Waals surface area contributed by atoms with Crippen LogP contribution in [0.25, 0.3) is 0 Å². The average Bonchev–Trinajstić information content (AvgIpc) is 2.46. The van der Waals surface area contributed by atoms with Crippen molar-refractivity contribution in [3.05, 3.63) is 24.3 Å². The SMILES string of the molecule is CC1CCCCC1CNc1ccc(S(=O)(=O)N(C)C)cc1. The third-order valence-electron chi connectivity index (χ3n) is 4.49. The van der Waals surface area contributed by atoms with Gasteiger partial charge in [0.05, 0.1) is 4.90 Å². The lowest BCUT2D eigenvalue weighted by atomic mass is 9.80. The van der Waals surface area contributed by atoms with Gasteiger partial charge in [-0.15, -0.1) is 0 Å². The molecule has 0 spiro atoms. The first-order chi connectivity index (χ1) is 9.91. The molecule has 1 aromatic carbocycles. The molecule has 0 bridgehead atoms. The third-order valence-corrected chi connectivity index (χ3v) is 6.32. The second-order valence-electron chi connectivity index (χ2n) is 6.21. The summed E-state index contributed by atoms with van der Waals surface area (Å²) >= 11 is 0. The Bertz CT molecular complexity index is 552. The Morgan fingerprint density at radius 3 is 2.33 bits per heavy atom. The second-order valence-corrected chi connectivity index (χ2v) is 8.37. The fourth-order valence-electron chi connectivity index (χ4n) is 2.90. The van der Waals surface area contributed by atoms with Gasteiger partial charge in [-0.3, -0.25) is 0 Å². The van der Waals surface area contributed by atoms with Crippen LogP contribution >= 0.6 is 0 Å². The summed E-state index contributed by atoms with van der Waals surface area (Å²) in [6, 6.07) is 7.04. The number of nitrogens with zero attached hydrogens (tertiary/aromatic N) is 1. The van der Waals surface area contributed by atoms with Crippen LogP contribution in [0, 0.1) is 11.8 Å². The van der Waals surface area contributed by atoms with Crippen LogP contribution in [0.15, 0.2) is 29.2 Å². The Morgan fingerprint density at radius 1 is 1.14 bits per heavy atom. The zero-order valence-corrected chi connectivity index (χ0v) is 14.0. The largest absolute Gasteiger partial charge is 0.385 e. The molecular formula is C16H26N2O2S. The van der Waals surface area contributed by atoms with Crippen LogP contribution in [-0.4, -0.2) is 33.4 Å². The predicted molar refractivity (Wildman–Crippen MR) is 86.9 cm³/mol. The van der Waals surface area contributed by atoms with E-state index in [1.54, 1.807) is 26.2 Å².